The summed E-state index contributed by atoms with van der Waals surface area (Å²) in [5, 5.41) is 58.7. The largest absolute Gasteiger partial charge is 0.508 e. The number of fused-ring (bicyclic) bond motifs is 8. The predicted octanol–water partition coefficient (Wildman–Crippen LogP) is 6.75. The quantitative estimate of drug-likeness (QED) is 0.108. The summed E-state index contributed by atoms with van der Waals surface area (Å²) >= 11 is 0. The lowest BCUT2D eigenvalue weighted by Gasteiger charge is -2.56. The number of Topliss-reactive ketones (excluding diaryl/α,β-unsaturated/α-hetero) is 1. The third-order valence-corrected chi connectivity index (χ3v) is 15.2. The second-order valence-electron chi connectivity index (χ2n) is 18.3. The minimum atomic E-state index is -1.60. The van der Waals surface area contributed by atoms with Crippen LogP contribution in [0.4, 0.5) is 0 Å². The van der Waals surface area contributed by atoms with Crippen molar-refractivity contribution in [3.05, 3.63) is 99.6 Å². The molecule has 5 N–H and O–H groups in total. The van der Waals surface area contributed by atoms with Gasteiger partial charge in [-0.05, 0) is 115 Å². The summed E-state index contributed by atoms with van der Waals surface area (Å²) < 4.78 is 12.3. The Morgan fingerprint density at radius 2 is 1.68 bits per heavy atom. The molecule has 3 aromatic rings. The van der Waals surface area contributed by atoms with Gasteiger partial charge >= 0.3 is 11.9 Å². The van der Waals surface area contributed by atoms with E-state index < -0.39 is 52.9 Å². The first-order valence-electron chi connectivity index (χ1n) is 21.9. The molecule has 10 nitrogen and oxygen atoms in total. The van der Waals surface area contributed by atoms with Gasteiger partial charge < -0.3 is 35.0 Å². The van der Waals surface area contributed by atoms with Gasteiger partial charge in [0.25, 0.3) is 0 Å². The Hall–Kier alpha value is -4.95. The molecular formula is C50H54O10. The summed E-state index contributed by atoms with van der Waals surface area (Å²) in [7, 11) is 0. The molecule has 3 fully saturated rings. The standard InChI is InChI=1S/C50H54O10/c1-2-35-10-11-38-40-19-28-6-5-7-36(17-28)49(14-3-4-15-49)45(55)23-34-20-30(32-16-29(27-51)18-37(52)21-32)8-9-31-25-47(56)59-44-26-43(54)33(22-39(31)44)24-46(60-48(34)57)50(35,58)41(38)12-13-42(40)53/h5-7,16-18,21-23,26,30-31,35,38,40-41,45-46,51-52,54-55,58H,2-4,10-15,19-20,24-25,27H2,1H3/t30-,31+,35+,38-,40+,41+,45+,46-,50-/m0/s1. The van der Waals surface area contributed by atoms with Crippen molar-refractivity contribution < 1.29 is 49.4 Å². The number of aliphatic hydroxyl groups excluding tert-OH is 2. The molecule has 0 radical (unpaired) electrons. The number of ether oxygens (including phenoxy) is 2. The van der Waals surface area contributed by atoms with E-state index >= 15 is 4.79 Å². The molecule has 0 unspecified atom stereocenters. The average Bonchev–Trinajstić information content (AvgIpc) is 3.74. The Labute approximate surface area is 350 Å². The van der Waals surface area contributed by atoms with Gasteiger partial charge in [0.2, 0.25) is 0 Å². The maximum absolute atomic E-state index is 15.3. The molecule has 3 heterocycles. The van der Waals surface area contributed by atoms with Gasteiger partial charge in [0.1, 0.15) is 34.7 Å². The lowest BCUT2D eigenvalue weighted by atomic mass is 9.53. The first kappa shape index (κ1) is 40.5. The second kappa shape index (κ2) is 15.8. The maximum Gasteiger partial charge on any atom is 0.334 e. The Kier molecular flexibility index (Phi) is 10.7. The number of carbonyl (C=O) groups excluding carboxylic acids is 3. The van der Waals surface area contributed by atoms with Crippen molar-refractivity contribution in [3.63, 3.8) is 0 Å². The Bertz CT molecular complexity index is 2310. The lowest BCUT2D eigenvalue weighted by molar-refractivity contribution is -0.212. The molecule has 314 valence electrons. The van der Waals surface area contributed by atoms with E-state index in [1.807, 2.05) is 19.1 Å². The monoisotopic (exact) mass is 814 g/mol. The Morgan fingerprint density at radius 3 is 2.47 bits per heavy atom. The summed E-state index contributed by atoms with van der Waals surface area (Å²) in [5.74, 6) is 2.75. The van der Waals surface area contributed by atoms with E-state index in [1.165, 1.54) is 18.2 Å². The molecule has 1 spiro atoms. The lowest BCUT2D eigenvalue weighted by Crippen LogP contribution is -2.63. The van der Waals surface area contributed by atoms with Crippen LogP contribution in [0, 0.1) is 35.5 Å². The van der Waals surface area contributed by atoms with Crippen LogP contribution in [0.5, 0.6) is 17.2 Å². The minimum absolute atomic E-state index is 0.0643. The predicted molar refractivity (Wildman–Crippen MR) is 221 cm³/mol. The number of aliphatic hydroxyl groups is 3. The molecular weight excluding hydrogens is 761 g/mol. The van der Waals surface area contributed by atoms with E-state index in [-0.39, 0.29) is 78.6 Å². The van der Waals surface area contributed by atoms with Crippen LogP contribution in [0.1, 0.15) is 123 Å². The molecule has 10 heteroatoms. The number of ketones is 1. The summed E-state index contributed by atoms with van der Waals surface area (Å²) in [6.45, 7) is 1.67. The Balaban J connectivity index is 1.30. The fourth-order valence-corrected chi connectivity index (χ4v) is 12.1. The first-order chi connectivity index (χ1) is 28.9. The van der Waals surface area contributed by atoms with Crippen molar-refractivity contribution in [2.75, 3.05) is 0 Å². The second-order valence-corrected chi connectivity index (χ2v) is 18.3. The fraction of sp³-hybridized carbons (Fsp3) is 0.500. The molecule has 0 aromatic heterocycles. The highest BCUT2D eigenvalue weighted by atomic mass is 16.6. The van der Waals surface area contributed by atoms with Gasteiger partial charge in [0.05, 0.1) is 25.0 Å². The van der Waals surface area contributed by atoms with Crippen LogP contribution >= 0.6 is 0 Å². The number of esters is 2. The summed E-state index contributed by atoms with van der Waals surface area (Å²) in [4.78, 5) is 42.3. The van der Waals surface area contributed by atoms with Gasteiger partial charge in [-0.2, -0.15) is 0 Å². The number of carbonyl (C=O) groups is 3. The molecule has 6 aliphatic rings. The van der Waals surface area contributed by atoms with E-state index in [4.69, 9.17) is 9.47 Å². The van der Waals surface area contributed by atoms with Crippen molar-refractivity contribution in [3.8, 4) is 29.1 Å². The van der Waals surface area contributed by atoms with Crippen molar-refractivity contribution in [2.45, 2.75) is 132 Å². The number of rotatable bonds is 3. The van der Waals surface area contributed by atoms with Crippen LogP contribution in [0.3, 0.4) is 0 Å². The highest BCUT2D eigenvalue weighted by Gasteiger charge is 2.59. The van der Waals surface area contributed by atoms with Gasteiger partial charge in [-0.1, -0.05) is 68.4 Å². The SMILES string of the molecule is CC[C@@H]1CC[C@@H]2[C@H]3CCC(=O)[C@@H]2Cc2cccc(c2)C2(CCCC2)[C@H](O)C=C2C[C@@H](c4cc(O)cc(CO)c4)C#C[C@@H]4CC(=O)Oc5cc(O)c(cc54)C[C@H](OC2=O)[C@]13O. The molecule has 3 aromatic carbocycles. The fourth-order valence-electron chi connectivity index (χ4n) is 12.1. The topological polar surface area (TPSA) is 171 Å². The number of phenols is 2. The molecule has 9 rings (SSSR count). The van der Waals surface area contributed by atoms with Gasteiger partial charge in [-0.15, -0.1) is 0 Å². The van der Waals surface area contributed by atoms with Crippen LogP contribution in [-0.2, 0) is 44.0 Å². The van der Waals surface area contributed by atoms with Crippen molar-refractivity contribution in [1.29, 1.82) is 0 Å². The smallest absolute Gasteiger partial charge is 0.334 e. The van der Waals surface area contributed by atoms with Gasteiger partial charge in [-0.25, -0.2) is 4.79 Å². The number of aromatic hydroxyl groups is 2. The number of hydrogen-bond donors (Lipinski definition) is 5. The summed E-state index contributed by atoms with van der Waals surface area (Å²) in [5.41, 5.74) is 1.68. The summed E-state index contributed by atoms with van der Waals surface area (Å²) in [6, 6.07) is 16.0. The van der Waals surface area contributed by atoms with Crippen molar-refractivity contribution in [1.82, 2.24) is 0 Å². The first-order valence-corrected chi connectivity index (χ1v) is 21.9. The third-order valence-electron chi connectivity index (χ3n) is 15.2. The average molecular weight is 815 g/mol. The van der Waals surface area contributed by atoms with Crippen molar-refractivity contribution in [2.24, 2.45) is 23.7 Å². The molecule has 10 bridgehead atoms. The normalized spacial score (nSPS) is 32.1. The zero-order valence-electron chi connectivity index (χ0n) is 34.1. The van der Waals surface area contributed by atoms with Gasteiger partial charge in [0, 0.05) is 47.3 Å². The highest BCUT2D eigenvalue weighted by Crippen LogP contribution is 2.55. The van der Waals surface area contributed by atoms with E-state index in [0.29, 0.717) is 60.8 Å². The van der Waals surface area contributed by atoms with E-state index in [1.54, 1.807) is 18.2 Å². The van der Waals surface area contributed by atoms with Gasteiger partial charge in [-0.3, -0.25) is 9.59 Å². The zero-order chi connectivity index (χ0) is 41.9. The zero-order valence-corrected chi connectivity index (χ0v) is 34.1. The molecule has 0 amide bonds. The minimum Gasteiger partial charge on any atom is -0.508 e. The van der Waals surface area contributed by atoms with Crippen molar-refractivity contribution >= 4 is 17.7 Å². The molecule has 3 aliphatic heterocycles. The van der Waals surface area contributed by atoms with E-state index in [9.17, 15) is 35.1 Å². The number of phenolic OH excluding ortho intramolecular Hbond substituents is 2. The Morgan fingerprint density at radius 1 is 0.883 bits per heavy atom. The van der Waals surface area contributed by atoms with Crippen LogP contribution < -0.4 is 4.74 Å². The number of hydrogen-bond acceptors (Lipinski definition) is 10. The molecule has 0 saturated heterocycles. The van der Waals surface area contributed by atoms with Crippen LogP contribution in [0.15, 0.2) is 66.2 Å². The van der Waals surface area contributed by atoms with Crippen LogP contribution in [-0.4, -0.2) is 61.1 Å². The van der Waals surface area contributed by atoms with E-state index in [0.717, 1.165) is 30.4 Å². The number of benzene rings is 3. The molecule has 3 saturated carbocycles. The van der Waals surface area contributed by atoms with Crippen LogP contribution in [0.2, 0.25) is 0 Å². The molecule has 60 heavy (non-hydrogen) atoms. The highest BCUT2D eigenvalue weighted by molar-refractivity contribution is 5.89. The maximum atomic E-state index is 15.3. The molecule has 9 atom stereocenters. The third kappa shape index (κ3) is 7.02. The van der Waals surface area contributed by atoms with E-state index in [2.05, 4.69) is 24.0 Å². The molecule has 3 aliphatic carbocycles. The summed E-state index contributed by atoms with van der Waals surface area (Å²) in [6.07, 6.45) is 5.36. The van der Waals surface area contributed by atoms with Crippen LogP contribution in [0.25, 0.3) is 0 Å². The van der Waals surface area contributed by atoms with Gasteiger partial charge in [0.15, 0.2) is 0 Å².